The Bertz CT molecular complexity index is 724. The highest BCUT2D eigenvalue weighted by molar-refractivity contribution is 5.40. The molecule has 0 aliphatic heterocycles. The third kappa shape index (κ3) is 10.5. The maximum atomic E-state index is 11.2. The van der Waals surface area contributed by atoms with E-state index in [1.54, 1.807) is 11.1 Å². The molecule has 3 aliphatic carbocycles. The van der Waals surface area contributed by atoms with Crippen LogP contribution in [-0.2, 0) is 0 Å². The first-order valence-electron chi connectivity index (χ1n) is 15.6. The first-order chi connectivity index (χ1) is 17.5. The molecule has 0 saturated heterocycles. The summed E-state index contributed by atoms with van der Waals surface area (Å²) < 4.78 is 0. The molecule has 0 amide bonds. The monoisotopic (exact) mass is 517 g/mol. The van der Waals surface area contributed by atoms with Crippen molar-refractivity contribution >= 4 is 0 Å². The average Bonchev–Trinajstić information content (AvgIpc) is 2.90. The molecule has 3 nitrogen and oxygen atoms in total. The van der Waals surface area contributed by atoms with E-state index in [0.717, 1.165) is 37.6 Å². The van der Waals surface area contributed by atoms with Crippen molar-refractivity contribution in [3.63, 3.8) is 0 Å². The van der Waals surface area contributed by atoms with Gasteiger partial charge in [-0.05, 0) is 88.9 Å². The topological polar surface area (TPSA) is 63.8 Å². The van der Waals surface area contributed by atoms with Crippen LogP contribution in [0.5, 0.6) is 0 Å². The number of aliphatic hydroxyl groups excluding tert-OH is 1. The Kier molecular flexibility index (Phi) is 19.2. The van der Waals surface area contributed by atoms with Gasteiger partial charge in [0, 0.05) is 12.6 Å². The van der Waals surface area contributed by atoms with E-state index in [0.29, 0.717) is 11.8 Å². The second-order valence-electron chi connectivity index (χ2n) is 10.8. The molecule has 2 fully saturated rings. The number of nitrogens with one attached hydrogen (secondary N) is 1. The molecule has 3 heteroatoms. The predicted molar refractivity (Wildman–Crippen MR) is 165 cm³/mol. The fourth-order valence-electron chi connectivity index (χ4n) is 6.36. The minimum absolute atomic E-state index is 0. The van der Waals surface area contributed by atoms with Gasteiger partial charge in [-0.2, -0.15) is 0 Å². The molecule has 0 heterocycles. The predicted octanol–water partition coefficient (Wildman–Crippen LogP) is 8.74. The molecule has 0 aromatic heterocycles. The molecular weight excluding hydrogens is 454 g/mol. The van der Waals surface area contributed by atoms with Gasteiger partial charge in [0.05, 0.1) is 6.10 Å². The van der Waals surface area contributed by atoms with E-state index in [2.05, 4.69) is 64.2 Å². The van der Waals surface area contributed by atoms with Gasteiger partial charge in [0.15, 0.2) is 0 Å². The molecule has 37 heavy (non-hydrogen) atoms. The molecule has 0 aromatic rings. The van der Waals surface area contributed by atoms with Crippen LogP contribution in [0.1, 0.15) is 127 Å². The summed E-state index contributed by atoms with van der Waals surface area (Å²) in [6.45, 7) is 20.1. The van der Waals surface area contributed by atoms with Crippen LogP contribution >= 0.6 is 0 Å². The molecule has 4 unspecified atom stereocenters. The number of fused-ring (bicyclic) bond motifs is 1. The van der Waals surface area contributed by atoms with Gasteiger partial charge in [-0.1, -0.05) is 108 Å². The second-order valence-corrected chi connectivity index (χ2v) is 10.8. The standard InChI is InChI=1S/C30H49NO.2C2H6.H2O/c1-6-9-10-12-23(8-3)20-31-22(5)30(32)29-19-27-21(4)17-26(18-28(27)29)25-15-13-24(11-7-2)14-16-25;2*1-2;/h9-10,12,17,22,24-25,28-32H,6-8,11,13-16,18-20H2,1-5H3;2*1-2H3;1H2/b10-9-,23-12+;;;. The summed E-state index contributed by atoms with van der Waals surface area (Å²) in [5.41, 5.74) is 6.24. The van der Waals surface area contributed by atoms with Crippen LogP contribution in [0.3, 0.4) is 0 Å². The summed E-state index contributed by atoms with van der Waals surface area (Å²) in [7, 11) is 0. The Morgan fingerprint density at radius 2 is 1.70 bits per heavy atom. The molecule has 3 aliphatic rings. The van der Waals surface area contributed by atoms with Gasteiger partial charge in [0.2, 0.25) is 0 Å². The van der Waals surface area contributed by atoms with E-state index in [9.17, 15) is 5.11 Å². The van der Waals surface area contributed by atoms with Crippen LogP contribution in [0.4, 0.5) is 0 Å². The number of rotatable bonds is 11. The zero-order valence-corrected chi connectivity index (χ0v) is 26.0. The largest absolute Gasteiger partial charge is 0.412 e. The van der Waals surface area contributed by atoms with E-state index in [-0.39, 0.29) is 17.6 Å². The fraction of sp³-hybridized carbons (Fsp3) is 0.765. The Morgan fingerprint density at radius 1 is 1.05 bits per heavy atom. The lowest BCUT2D eigenvalue weighted by Gasteiger charge is -2.48. The van der Waals surface area contributed by atoms with Gasteiger partial charge in [-0.15, -0.1) is 0 Å². The molecule has 0 aromatic carbocycles. The number of hydrogen-bond acceptors (Lipinski definition) is 2. The van der Waals surface area contributed by atoms with E-state index in [1.165, 1.54) is 56.1 Å². The molecule has 0 radical (unpaired) electrons. The lowest BCUT2D eigenvalue weighted by atomic mass is 9.58. The first kappa shape index (κ1) is 35.8. The smallest absolute Gasteiger partial charge is 0.0727 e. The van der Waals surface area contributed by atoms with Crippen LogP contribution in [0.25, 0.3) is 0 Å². The summed E-state index contributed by atoms with van der Waals surface area (Å²) >= 11 is 0. The SMILES string of the molecule is CC.CC.CC/C=C\C=C(/CC)CNC(C)C(O)C1CC2=C(C)C=C(C3CCC(CCC)CC3)CC21.O. The van der Waals surface area contributed by atoms with E-state index < -0.39 is 0 Å². The number of allylic oxidation sites excluding steroid dienone is 7. The van der Waals surface area contributed by atoms with Gasteiger partial charge in [-0.25, -0.2) is 0 Å². The Hall–Kier alpha value is -1.16. The Labute approximate surface area is 231 Å². The van der Waals surface area contributed by atoms with E-state index in [4.69, 9.17) is 0 Å². The zero-order valence-electron chi connectivity index (χ0n) is 26.0. The third-order valence-corrected chi connectivity index (χ3v) is 8.61. The van der Waals surface area contributed by atoms with Crippen molar-refractivity contribution in [2.45, 2.75) is 139 Å². The summed E-state index contributed by atoms with van der Waals surface area (Å²) in [5.74, 6) is 2.76. The van der Waals surface area contributed by atoms with Crippen molar-refractivity contribution in [1.82, 2.24) is 5.32 Å². The molecule has 4 atom stereocenters. The summed E-state index contributed by atoms with van der Waals surface area (Å²) in [5, 5.41) is 14.8. The Morgan fingerprint density at radius 3 is 2.27 bits per heavy atom. The normalized spacial score (nSPS) is 26.9. The van der Waals surface area contributed by atoms with Crippen molar-refractivity contribution in [2.75, 3.05) is 6.54 Å². The molecule has 4 N–H and O–H groups in total. The van der Waals surface area contributed by atoms with Crippen LogP contribution in [0, 0.1) is 23.7 Å². The van der Waals surface area contributed by atoms with E-state index in [1.807, 2.05) is 27.7 Å². The van der Waals surface area contributed by atoms with Gasteiger partial charge in [0.25, 0.3) is 0 Å². The maximum absolute atomic E-state index is 11.2. The van der Waals surface area contributed by atoms with Gasteiger partial charge in [0.1, 0.15) is 0 Å². The Balaban J connectivity index is 0.00000247. The van der Waals surface area contributed by atoms with Crippen LogP contribution in [0.15, 0.2) is 46.6 Å². The first-order valence-corrected chi connectivity index (χ1v) is 15.6. The highest BCUT2D eigenvalue weighted by Crippen LogP contribution is 2.52. The summed E-state index contributed by atoms with van der Waals surface area (Å²) in [6.07, 6.45) is 21.6. The number of hydrogen-bond donors (Lipinski definition) is 2. The minimum atomic E-state index is -0.263. The van der Waals surface area contributed by atoms with Crippen LogP contribution in [0.2, 0.25) is 0 Å². The van der Waals surface area contributed by atoms with Gasteiger partial charge >= 0.3 is 0 Å². The maximum Gasteiger partial charge on any atom is 0.0727 e. The molecule has 0 spiro atoms. The fourth-order valence-corrected chi connectivity index (χ4v) is 6.36. The average molecular weight is 518 g/mol. The van der Waals surface area contributed by atoms with Crippen molar-refractivity contribution in [2.24, 2.45) is 23.7 Å². The highest BCUT2D eigenvalue weighted by atomic mass is 16.3. The molecule has 0 bridgehead atoms. The van der Waals surface area contributed by atoms with E-state index >= 15 is 0 Å². The van der Waals surface area contributed by atoms with Crippen LogP contribution < -0.4 is 5.32 Å². The molecular formula is C34H63NO2. The zero-order chi connectivity index (χ0) is 27.1. The number of aliphatic hydroxyl groups is 1. The lowest BCUT2D eigenvalue weighted by molar-refractivity contribution is 0.0229. The lowest BCUT2D eigenvalue weighted by Crippen LogP contribution is -2.49. The van der Waals surface area contributed by atoms with Crippen molar-refractivity contribution in [1.29, 1.82) is 0 Å². The van der Waals surface area contributed by atoms with Gasteiger partial charge in [-0.3, -0.25) is 0 Å². The molecule has 216 valence electrons. The molecule has 3 rings (SSSR count). The van der Waals surface area contributed by atoms with Crippen molar-refractivity contribution in [3.8, 4) is 0 Å². The third-order valence-electron chi connectivity index (χ3n) is 8.61. The molecule has 2 saturated carbocycles. The second kappa shape index (κ2) is 19.8. The van der Waals surface area contributed by atoms with Gasteiger partial charge < -0.3 is 15.9 Å². The quantitative estimate of drug-likeness (QED) is 0.269. The van der Waals surface area contributed by atoms with Crippen molar-refractivity contribution < 1.29 is 10.6 Å². The van der Waals surface area contributed by atoms with Crippen LogP contribution in [-0.4, -0.2) is 29.3 Å². The summed E-state index contributed by atoms with van der Waals surface area (Å²) in [4.78, 5) is 0. The summed E-state index contributed by atoms with van der Waals surface area (Å²) in [6, 6.07) is 0.130. The highest BCUT2D eigenvalue weighted by Gasteiger charge is 2.45. The minimum Gasteiger partial charge on any atom is -0.412 e. The van der Waals surface area contributed by atoms with Crippen molar-refractivity contribution in [3.05, 3.63) is 46.6 Å².